The minimum Gasteiger partial charge on any atom is -0.462 e. The summed E-state index contributed by atoms with van der Waals surface area (Å²) in [6.07, 6.45) is 2.18. The van der Waals surface area contributed by atoms with Gasteiger partial charge < -0.3 is 18.8 Å². The highest BCUT2D eigenvalue weighted by Crippen LogP contribution is 2.39. The van der Waals surface area contributed by atoms with Gasteiger partial charge in [0.1, 0.15) is 12.2 Å². The molecule has 1 fully saturated rings. The third-order valence-electron chi connectivity index (χ3n) is 4.98. The van der Waals surface area contributed by atoms with Crippen LogP contribution in [0.2, 0.25) is 18.1 Å². The van der Waals surface area contributed by atoms with Gasteiger partial charge in [-0.15, -0.1) is 0 Å². The average Bonchev–Trinajstić information content (AvgIpc) is 2.45. The quantitative estimate of drug-likeness (QED) is 0.395. The van der Waals surface area contributed by atoms with Crippen LogP contribution in [0.1, 0.15) is 54.9 Å². The van der Waals surface area contributed by atoms with E-state index in [1.54, 1.807) is 4.90 Å². The topological polar surface area (TPSA) is 65.1 Å². The van der Waals surface area contributed by atoms with Crippen molar-refractivity contribution in [3.05, 3.63) is 11.6 Å². The van der Waals surface area contributed by atoms with E-state index in [1.807, 2.05) is 26.8 Å². The summed E-state index contributed by atoms with van der Waals surface area (Å²) in [7, 11) is -1.97. The van der Waals surface area contributed by atoms with E-state index in [2.05, 4.69) is 33.9 Å². The fourth-order valence-electron chi connectivity index (χ4n) is 2.47. The molecule has 1 unspecified atom stereocenters. The molecule has 1 rings (SSSR count). The molecule has 0 saturated carbocycles. The van der Waals surface area contributed by atoms with Gasteiger partial charge in [-0.2, -0.15) is 0 Å². The zero-order valence-corrected chi connectivity index (χ0v) is 19.5. The Morgan fingerprint density at radius 1 is 1.19 bits per heavy atom. The molecular weight excluding hydrogens is 362 g/mol. The highest BCUT2D eigenvalue weighted by molar-refractivity contribution is 6.74. The molecule has 0 aromatic heterocycles. The first-order chi connectivity index (χ1) is 12.1. The molecule has 1 aliphatic rings. The van der Waals surface area contributed by atoms with Crippen LogP contribution >= 0.6 is 0 Å². The Hall–Kier alpha value is -1.34. The smallest absolute Gasteiger partial charge is 0.410 e. The molecule has 0 aromatic rings. The molecule has 1 saturated heterocycles. The number of hydrogen-bond donors (Lipinski definition) is 0. The lowest BCUT2D eigenvalue weighted by Crippen LogP contribution is -2.50. The van der Waals surface area contributed by atoms with Gasteiger partial charge >= 0.3 is 12.1 Å². The first-order valence-corrected chi connectivity index (χ1v) is 12.5. The van der Waals surface area contributed by atoms with Crippen LogP contribution < -0.4 is 0 Å². The van der Waals surface area contributed by atoms with Crippen LogP contribution in [0.3, 0.4) is 0 Å². The Morgan fingerprint density at radius 3 is 2.26 bits per heavy atom. The van der Waals surface area contributed by atoms with Crippen LogP contribution in [0.25, 0.3) is 0 Å². The van der Waals surface area contributed by atoms with Crippen molar-refractivity contribution in [3.63, 3.8) is 0 Å². The summed E-state index contributed by atoms with van der Waals surface area (Å²) in [4.78, 5) is 25.2. The van der Waals surface area contributed by atoms with E-state index in [0.717, 1.165) is 5.57 Å². The number of carbonyl (C=O) groups is 2. The summed E-state index contributed by atoms with van der Waals surface area (Å²) in [6, 6.07) is 0. The second-order valence-electron chi connectivity index (χ2n) is 9.64. The van der Waals surface area contributed by atoms with Crippen molar-refractivity contribution in [3.8, 4) is 0 Å². The number of amides is 1. The summed E-state index contributed by atoms with van der Waals surface area (Å²) in [5.41, 5.74) is 0.436. The number of likely N-dealkylation sites (tertiary alicyclic amines) is 1. The van der Waals surface area contributed by atoms with Crippen LogP contribution in [0, 0.1) is 0 Å². The molecule has 1 atom stereocenters. The second kappa shape index (κ2) is 8.77. The highest BCUT2D eigenvalue weighted by atomic mass is 28.4. The highest BCUT2D eigenvalue weighted by Gasteiger charge is 2.41. The molecule has 156 valence electrons. The molecule has 1 aliphatic heterocycles. The minimum atomic E-state index is -1.97. The number of hydrogen-bond acceptors (Lipinski definition) is 5. The van der Waals surface area contributed by atoms with Crippen LogP contribution in [-0.4, -0.2) is 56.7 Å². The van der Waals surface area contributed by atoms with E-state index in [9.17, 15) is 9.59 Å². The summed E-state index contributed by atoms with van der Waals surface area (Å²) in [5, 5.41) is 0.0935. The monoisotopic (exact) mass is 399 g/mol. The van der Waals surface area contributed by atoms with E-state index in [0.29, 0.717) is 19.5 Å². The van der Waals surface area contributed by atoms with Gasteiger partial charge in [-0.05, 0) is 57.0 Å². The van der Waals surface area contributed by atoms with E-state index < -0.39 is 13.9 Å². The van der Waals surface area contributed by atoms with Crippen molar-refractivity contribution in [2.45, 2.75) is 84.7 Å². The molecule has 7 heteroatoms. The molecule has 0 aliphatic carbocycles. The molecule has 0 N–H and O–H groups in total. The third kappa shape index (κ3) is 7.66. The third-order valence-corrected chi connectivity index (χ3v) is 9.46. The molecule has 6 nitrogen and oxygen atoms in total. The largest absolute Gasteiger partial charge is 0.462 e. The van der Waals surface area contributed by atoms with Crippen molar-refractivity contribution < 1.29 is 23.5 Å². The van der Waals surface area contributed by atoms with Crippen LogP contribution in [-0.2, 0) is 18.7 Å². The lowest BCUT2D eigenvalue weighted by Gasteiger charge is -2.43. The average molecular weight is 400 g/mol. The number of rotatable bonds is 4. The standard InChI is InChI=1S/C20H37NO5Si/c1-15(22)24-13-11-16-14-21(18(23)25-19(2,3)4)12-10-17(16)26-27(8,9)20(5,6)7/h11,17H,10,12-14H2,1-9H3. The van der Waals surface area contributed by atoms with Gasteiger partial charge in [-0.25, -0.2) is 4.79 Å². The minimum absolute atomic E-state index is 0.0693. The van der Waals surface area contributed by atoms with Crippen LogP contribution in [0.4, 0.5) is 4.79 Å². The second-order valence-corrected chi connectivity index (χ2v) is 14.4. The van der Waals surface area contributed by atoms with Crippen LogP contribution in [0.5, 0.6) is 0 Å². The van der Waals surface area contributed by atoms with Gasteiger partial charge in [0, 0.05) is 20.0 Å². The maximum atomic E-state index is 12.5. The number of esters is 1. The van der Waals surface area contributed by atoms with E-state index >= 15 is 0 Å². The Kier molecular flexibility index (Phi) is 7.70. The predicted molar refractivity (Wildman–Crippen MR) is 109 cm³/mol. The fourth-order valence-corrected chi connectivity index (χ4v) is 3.81. The molecule has 27 heavy (non-hydrogen) atoms. The lowest BCUT2D eigenvalue weighted by molar-refractivity contribution is -0.139. The summed E-state index contributed by atoms with van der Waals surface area (Å²) in [6.45, 7) is 19.2. The molecule has 1 amide bonds. The Bertz CT molecular complexity index is 572. The van der Waals surface area contributed by atoms with Gasteiger partial charge in [0.05, 0.1) is 6.10 Å². The Labute approximate surface area is 165 Å². The summed E-state index contributed by atoms with van der Waals surface area (Å²) < 4.78 is 17.2. The normalized spacial score (nSPS) is 20.6. The number of piperidine rings is 1. The summed E-state index contributed by atoms with van der Waals surface area (Å²) in [5.74, 6) is -0.325. The molecule has 0 spiro atoms. The summed E-state index contributed by atoms with van der Waals surface area (Å²) >= 11 is 0. The van der Waals surface area contributed by atoms with Crippen molar-refractivity contribution >= 4 is 20.4 Å². The first-order valence-electron chi connectivity index (χ1n) is 9.60. The van der Waals surface area contributed by atoms with Crippen molar-refractivity contribution in [2.24, 2.45) is 0 Å². The molecular formula is C20H37NO5Si. The van der Waals surface area contributed by atoms with Gasteiger partial charge in [0.25, 0.3) is 0 Å². The Morgan fingerprint density at radius 2 is 1.78 bits per heavy atom. The van der Waals surface area contributed by atoms with Gasteiger partial charge in [-0.1, -0.05) is 20.8 Å². The van der Waals surface area contributed by atoms with Crippen molar-refractivity contribution in [2.75, 3.05) is 19.7 Å². The Balaban J connectivity index is 2.95. The zero-order valence-electron chi connectivity index (χ0n) is 18.5. The number of ether oxygens (including phenoxy) is 2. The molecule has 0 radical (unpaired) electrons. The number of nitrogens with zero attached hydrogens (tertiary/aromatic N) is 1. The van der Waals surface area contributed by atoms with E-state index in [-0.39, 0.29) is 29.8 Å². The SMILES string of the molecule is CC(=O)OCC=C1CN(C(=O)OC(C)(C)C)CCC1O[Si](C)(C)C(C)(C)C. The van der Waals surface area contributed by atoms with Gasteiger partial charge in [-0.3, -0.25) is 4.79 Å². The van der Waals surface area contributed by atoms with Gasteiger partial charge in [0.15, 0.2) is 8.32 Å². The maximum absolute atomic E-state index is 12.5. The van der Waals surface area contributed by atoms with Crippen molar-refractivity contribution in [1.29, 1.82) is 0 Å². The lowest BCUT2D eigenvalue weighted by atomic mass is 10.0. The molecule has 1 heterocycles. The van der Waals surface area contributed by atoms with E-state index in [4.69, 9.17) is 13.9 Å². The zero-order chi connectivity index (χ0) is 21.0. The fraction of sp³-hybridized carbons (Fsp3) is 0.800. The molecule has 0 aromatic carbocycles. The van der Waals surface area contributed by atoms with Gasteiger partial charge in [0.2, 0.25) is 0 Å². The predicted octanol–water partition coefficient (Wildman–Crippen LogP) is 4.51. The number of carbonyl (C=O) groups excluding carboxylic acids is 2. The van der Waals surface area contributed by atoms with Crippen molar-refractivity contribution in [1.82, 2.24) is 4.90 Å². The maximum Gasteiger partial charge on any atom is 0.410 e. The molecule has 0 bridgehead atoms. The van der Waals surface area contributed by atoms with Crippen LogP contribution in [0.15, 0.2) is 11.6 Å². The first kappa shape index (κ1) is 23.7. The van der Waals surface area contributed by atoms with E-state index in [1.165, 1.54) is 6.92 Å².